The Morgan fingerprint density at radius 1 is 1.00 bits per heavy atom. The molecule has 0 bridgehead atoms. The summed E-state index contributed by atoms with van der Waals surface area (Å²) in [6, 6.07) is 13.4. The van der Waals surface area contributed by atoms with E-state index in [-0.39, 0.29) is 23.7 Å². The van der Waals surface area contributed by atoms with Crippen LogP contribution < -0.4 is 10.1 Å². The number of nitrogens with one attached hydrogen (secondary N) is 1. The molecular weight excluding hydrogens is 397 g/mol. The molecule has 164 valence electrons. The molecule has 2 aromatic carbocycles. The van der Waals surface area contributed by atoms with Crippen LogP contribution in [-0.4, -0.2) is 47.9 Å². The van der Waals surface area contributed by atoms with Gasteiger partial charge in [0.2, 0.25) is 5.91 Å². The third-order valence-electron chi connectivity index (χ3n) is 5.86. The lowest BCUT2D eigenvalue weighted by atomic mass is 9.97. The van der Waals surface area contributed by atoms with Crippen molar-refractivity contribution < 1.29 is 18.7 Å². The molecule has 0 saturated carbocycles. The average molecular weight is 426 g/mol. The summed E-state index contributed by atoms with van der Waals surface area (Å²) < 4.78 is 18.8. The normalized spacial score (nSPS) is 18.7. The smallest absolute Gasteiger partial charge is 0.320 e. The molecule has 0 aliphatic carbocycles. The van der Waals surface area contributed by atoms with Crippen LogP contribution in [0.4, 0.5) is 14.9 Å². The fraction of sp³-hybridized carbons (Fsp3) is 0.417. The number of anilines is 1. The van der Waals surface area contributed by atoms with Gasteiger partial charge in [-0.25, -0.2) is 9.18 Å². The highest BCUT2D eigenvalue weighted by Gasteiger charge is 2.31. The first-order valence-electron chi connectivity index (χ1n) is 10.9. The molecule has 1 N–H and O–H groups in total. The number of hydrogen-bond acceptors (Lipinski definition) is 3. The van der Waals surface area contributed by atoms with Crippen LogP contribution in [0.3, 0.4) is 0 Å². The molecular formula is C24H28FN3O3. The second-order valence-corrected chi connectivity index (χ2v) is 8.19. The van der Waals surface area contributed by atoms with Gasteiger partial charge in [-0.2, -0.15) is 0 Å². The maximum Gasteiger partial charge on any atom is 0.320 e. The van der Waals surface area contributed by atoms with Gasteiger partial charge in [-0.3, -0.25) is 4.79 Å². The number of amides is 3. The van der Waals surface area contributed by atoms with Gasteiger partial charge < -0.3 is 19.9 Å². The van der Waals surface area contributed by atoms with Crippen molar-refractivity contribution in [2.45, 2.75) is 32.3 Å². The molecule has 2 fully saturated rings. The topological polar surface area (TPSA) is 61.9 Å². The monoisotopic (exact) mass is 425 g/mol. The lowest BCUT2D eigenvalue weighted by Gasteiger charge is -2.34. The van der Waals surface area contributed by atoms with E-state index in [4.69, 9.17) is 4.74 Å². The van der Waals surface area contributed by atoms with E-state index in [0.29, 0.717) is 31.1 Å². The quantitative estimate of drug-likeness (QED) is 0.778. The molecule has 3 amide bonds. The molecule has 2 saturated heterocycles. The van der Waals surface area contributed by atoms with Gasteiger partial charge in [0.15, 0.2) is 0 Å². The van der Waals surface area contributed by atoms with Crippen molar-refractivity contribution in [3.63, 3.8) is 0 Å². The predicted octanol–water partition coefficient (Wildman–Crippen LogP) is 4.27. The minimum atomic E-state index is -0.281. The minimum Gasteiger partial charge on any atom is -0.489 e. The van der Waals surface area contributed by atoms with Gasteiger partial charge >= 0.3 is 6.03 Å². The highest BCUT2D eigenvalue weighted by atomic mass is 19.1. The molecule has 2 aromatic rings. The number of hydrogen-bond donors (Lipinski definition) is 1. The zero-order valence-electron chi connectivity index (χ0n) is 17.6. The van der Waals surface area contributed by atoms with Gasteiger partial charge in [0.1, 0.15) is 18.2 Å². The van der Waals surface area contributed by atoms with E-state index in [1.807, 2.05) is 28.0 Å². The summed E-state index contributed by atoms with van der Waals surface area (Å²) in [5.74, 6) is 0.0483. The van der Waals surface area contributed by atoms with Crippen LogP contribution in [-0.2, 0) is 11.4 Å². The van der Waals surface area contributed by atoms with Crippen molar-refractivity contribution >= 4 is 17.6 Å². The molecule has 2 aliphatic heterocycles. The van der Waals surface area contributed by atoms with Crippen LogP contribution in [0.2, 0.25) is 0 Å². The molecule has 2 aliphatic rings. The number of urea groups is 1. The van der Waals surface area contributed by atoms with Crippen molar-refractivity contribution in [2.75, 3.05) is 31.5 Å². The molecule has 4 rings (SSSR count). The Morgan fingerprint density at radius 3 is 2.52 bits per heavy atom. The lowest BCUT2D eigenvalue weighted by molar-refractivity contribution is -0.121. The number of carbonyl (C=O) groups excluding carboxylic acids is 2. The number of carbonyl (C=O) groups is 2. The Morgan fingerprint density at radius 2 is 1.74 bits per heavy atom. The summed E-state index contributed by atoms with van der Waals surface area (Å²) in [4.78, 5) is 29.2. The first-order valence-corrected chi connectivity index (χ1v) is 10.9. The number of piperidine rings is 1. The SMILES string of the molecule is O=C(Nc1cccc(OCc2ccc(F)cc2)c1)[C@@H]1CCCN(C(=O)N2CCCC2)C1. The highest BCUT2D eigenvalue weighted by Crippen LogP contribution is 2.23. The van der Waals surface area contributed by atoms with Crippen molar-refractivity contribution in [3.8, 4) is 5.75 Å². The van der Waals surface area contributed by atoms with Crippen molar-refractivity contribution in [3.05, 3.63) is 59.9 Å². The summed E-state index contributed by atoms with van der Waals surface area (Å²) in [5.41, 5.74) is 1.52. The molecule has 0 spiro atoms. The average Bonchev–Trinajstić information content (AvgIpc) is 3.33. The second-order valence-electron chi connectivity index (χ2n) is 8.19. The van der Waals surface area contributed by atoms with E-state index in [1.54, 1.807) is 18.2 Å². The highest BCUT2D eigenvalue weighted by molar-refractivity contribution is 5.93. The van der Waals surface area contributed by atoms with E-state index in [0.717, 1.165) is 44.3 Å². The third kappa shape index (κ3) is 5.54. The van der Waals surface area contributed by atoms with Crippen LogP contribution in [0.1, 0.15) is 31.2 Å². The van der Waals surface area contributed by atoms with Gasteiger partial charge in [-0.1, -0.05) is 18.2 Å². The van der Waals surface area contributed by atoms with E-state index in [1.165, 1.54) is 12.1 Å². The summed E-state index contributed by atoms with van der Waals surface area (Å²) >= 11 is 0. The first kappa shape index (κ1) is 21.2. The van der Waals surface area contributed by atoms with Crippen LogP contribution >= 0.6 is 0 Å². The third-order valence-corrected chi connectivity index (χ3v) is 5.86. The Bertz CT molecular complexity index is 913. The van der Waals surface area contributed by atoms with Gasteiger partial charge in [0.05, 0.1) is 5.92 Å². The van der Waals surface area contributed by atoms with Crippen molar-refractivity contribution in [1.29, 1.82) is 0 Å². The minimum absolute atomic E-state index is 0.0613. The van der Waals surface area contributed by atoms with Gasteiger partial charge in [0.25, 0.3) is 0 Å². The zero-order chi connectivity index (χ0) is 21.6. The van der Waals surface area contributed by atoms with Gasteiger partial charge in [0, 0.05) is 37.9 Å². The summed E-state index contributed by atoms with van der Waals surface area (Å²) in [7, 11) is 0. The number of likely N-dealkylation sites (tertiary alicyclic amines) is 2. The molecule has 0 unspecified atom stereocenters. The number of nitrogens with zero attached hydrogens (tertiary/aromatic N) is 2. The Hall–Kier alpha value is -3.09. The second kappa shape index (κ2) is 9.81. The van der Waals surface area contributed by atoms with Crippen LogP contribution in [0.5, 0.6) is 5.75 Å². The van der Waals surface area contributed by atoms with E-state index in [9.17, 15) is 14.0 Å². The summed E-state index contributed by atoms with van der Waals surface area (Å²) in [6.45, 7) is 3.12. The van der Waals surface area contributed by atoms with Crippen LogP contribution in [0.25, 0.3) is 0 Å². The molecule has 7 heteroatoms. The largest absolute Gasteiger partial charge is 0.489 e. The summed E-state index contributed by atoms with van der Waals surface area (Å²) in [6.07, 6.45) is 3.72. The number of halogens is 1. The van der Waals surface area contributed by atoms with E-state index in [2.05, 4.69) is 5.32 Å². The Labute approximate surface area is 182 Å². The summed E-state index contributed by atoms with van der Waals surface area (Å²) in [5, 5.41) is 2.97. The van der Waals surface area contributed by atoms with Crippen LogP contribution in [0, 0.1) is 11.7 Å². The standard InChI is InChI=1S/C24H28FN3O3/c25-20-10-8-18(9-11-20)17-31-22-7-3-6-21(15-22)26-23(29)19-5-4-14-28(16-19)24(30)27-12-1-2-13-27/h3,6-11,15,19H,1-2,4-5,12-14,16-17H2,(H,26,29)/t19-/m1/s1. The molecule has 0 radical (unpaired) electrons. The lowest BCUT2D eigenvalue weighted by Crippen LogP contribution is -2.48. The van der Waals surface area contributed by atoms with Crippen LogP contribution in [0.15, 0.2) is 48.5 Å². The molecule has 31 heavy (non-hydrogen) atoms. The molecule has 2 heterocycles. The first-order chi connectivity index (χ1) is 15.1. The van der Waals surface area contributed by atoms with E-state index < -0.39 is 0 Å². The maximum absolute atomic E-state index is 13.0. The van der Waals surface area contributed by atoms with Gasteiger partial charge in [-0.15, -0.1) is 0 Å². The number of ether oxygens (including phenoxy) is 1. The molecule has 0 aromatic heterocycles. The number of benzene rings is 2. The zero-order valence-corrected chi connectivity index (χ0v) is 17.6. The maximum atomic E-state index is 13.0. The fourth-order valence-electron chi connectivity index (χ4n) is 4.13. The van der Waals surface area contributed by atoms with Crippen molar-refractivity contribution in [1.82, 2.24) is 9.80 Å². The predicted molar refractivity (Wildman–Crippen MR) is 116 cm³/mol. The Balaban J connectivity index is 1.32. The van der Waals surface area contributed by atoms with E-state index >= 15 is 0 Å². The fourth-order valence-corrected chi connectivity index (χ4v) is 4.13. The number of rotatable bonds is 5. The molecule has 6 nitrogen and oxygen atoms in total. The van der Waals surface area contributed by atoms with Crippen molar-refractivity contribution in [2.24, 2.45) is 5.92 Å². The Kier molecular flexibility index (Phi) is 6.70. The molecule has 1 atom stereocenters. The van der Waals surface area contributed by atoms with Gasteiger partial charge in [-0.05, 0) is 55.5 Å².